The van der Waals surface area contributed by atoms with Gasteiger partial charge in [0.2, 0.25) is 23.6 Å². The van der Waals surface area contributed by atoms with E-state index >= 15 is 0 Å². The molecule has 0 aromatic heterocycles. The van der Waals surface area contributed by atoms with Gasteiger partial charge in [0.15, 0.2) is 0 Å². The summed E-state index contributed by atoms with van der Waals surface area (Å²) in [6.45, 7) is 35.0. The molecule has 18 fully saturated rings. The van der Waals surface area contributed by atoms with E-state index in [2.05, 4.69) is 91.7 Å². The Labute approximate surface area is 853 Å². The average molecular weight is 2020 g/mol. The van der Waals surface area contributed by atoms with Gasteiger partial charge in [-0.2, -0.15) is 0 Å². The second-order valence-electron chi connectivity index (χ2n) is 45.9. The van der Waals surface area contributed by atoms with Crippen molar-refractivity contribution >= 4 is 72.4 Å². The zero-order chi connectivity index (χ0) is 101. The van der Waals surface area contributed by atoms with Crippen LogP contribution in [0.4, 0.5) is 38.4 Å². The van der Waals surface area contributed by atoms with Crippen LogP contribution in [0.2, 0.25) is 0 Å². The van der Waals surface area contributed by atoms with Crippen LogP contribution in [0.25, 0.3) is 0 Å². The standard InChI is InChI=1S/C19H29N3O3.C18H27N3O4.2C18H27N3O3.C17H25N3O4.C17H25N3O3/c1-2-25-18(24)22-14-4-5-15(22)11-16(10-14)21-8-3-6-19(7-9-21)12-17(23)20-13-19;1-2-24-17(23)21-13-4-5-14(21)11-15(10-13)20-8-3-6-18(7-9-20)12-19-16(22)25-18;1-2-24-17(23)21-11-13-7-14(9-15(21)8-13)20-5-3-18(4-6-20)10-16(22)19-12-18;1-2-24-17(23)21-10-13-7-14(11-21)15(8-13)20-5-3-18(4-6-20)9-16(22)19-12-18;1-2-23-16(22)20-10-12-7-13(9-14(20)8-12)19-5-3-17(4-6-19)11-18-15(21)24-17;1-2-23-16(22)20-9-12-7-13(10-20)15(12)19-5-3-17(4-6-19)8-14(21)18-11-17/h10,14-15H,2-9,11-13H2,1H3,(H,20,23);10,13-14H,2-9,11-12H2,1H3,(H,19,22);7,13,15H,2-6,8-12H2,1H3,(H,19,22);8,13-14H,2-7,9-12H2,1H3,(H,19,22);7,12,14H,2-6,8-11H2,1H3,(H,18,21);12H,2-11H2,1H3,(H,18,21). The minimum absolute atomic E-state index is 0.157. The highest BCUT2D eigenvalue weighted by molar-refractivity contribution is 5.81. The molecule has 21 heterocycles. The van der Waals surface area contributed by atoms with Gasteiger partial charge in [0.1, 0.15) is 11.2 Å². The quantitative estimate of drug-likeness (QED) is 0.0988. The summed E-state index contributed by atoms with van der Waals surface area (Å²) in [4.78, 5) is 168. The van der Waals surface area contributed by atoms with Gasteiger partial charge in [-0.1, -0.05) is 18.2 Å². The second kappa shape index (κ2) is 44.0. The average Bonchev–Trinajstić information content (AvgIpc) is 1.60. The Kier molecular flexibility index (Phi) is 31.2. The number of fused-ring (bicyclic) bond motifs is 12. The van der Waals surface area contributed by atoms with Gasteiger partial charge in [-0.15, -0.1) is 0 Å². The molecule has 12 bridgehead atoms. The third-order valence-electron chi connectivity index (χ3n) is 36.7. The van der Waals surface area contributed by atoms with Crippen molar-refractivity contribution in [1.29, 1.82) is 0 Å². The predicted octanol–water partition coefficient (Wildman–Crippen LogP) is 10.8. The first-order valence-electron chi connectivity index (χ1n) is 55.4. The van der Waals surface area contributed by atoms with Crippen molar-refractivity contribution < 1.29 is 95.4 Å². The summed E-state index contributed by atoms with van der Waals surface area (Å²) in [5, 5.41) is 17.6. The molecule has 6 spiro atoms. The highest BCUT2D eigenvalue weighted by Gasteiger charge is 2.54. The van der Waals surface area contributed by atoms with Gasteiger partial charge in [0.25, 0.3) is 0 Å². The Bertz CT molecular complexity index is 4810. The van der Waals surface area contributed by atoms with E-state index in [1.54, 1.807) is 0 Å². The van der Waals surface area contributed by atoms with E-state index in [1.165, 1.54) is 39.8 Å². The molecule has 13 atom stereocenters. The van der Waals surface area contributed by atoms with E-state index in [4.69, 9.17) is 37.9 Å². The molecule has 21 aliphatic heterocycles. The number of nitrogens with zero attached hydrogens (tertiary/aromatic N) is 12. The van der Waals surface area contributed by atoms with Crippen molar-refractivity contribution in [1.82, 2.24) is 90.7 Å². The molecule has 18 saturated heterocycles. The van der Waals surface area contributed by atoms with Gasteiger partial charge >= 0.3 is 48.7 Å². The first-order valence-corrected chi connectivity index (χ1v) is 55.4. The Morgan fingerprint density at radius 2 is 0.690 bits per heavy atom. The number of alkyl carbamates (subject to hydrolysis) is 2. The number of likely N-dealkylation sites (tertiary alicyclic amines) is 9. The van der Waals surface area contributed by atoms with Crippen LogP contribution in [0.5, 0.6) is 0 Å². The van der Waals surface area contributed by atoms with E-state index in [0.29, 0.717) is 114 Å². The predicted molar refractivity (Wildman–Crippen MR) is 534 cm³/mol. The minimum Gasteiger partial charge on any atom is -0.450 e. The van der Waals surface area contributed by atoms with Gasteiger partial charge < -0.3 is 119 Å². The summed E-state index contributed by atoms with van der Waals surface area (Å²) in [6, 6.07) is 1.45. The summed E-state index contributed by atoms with van der Waals surface area (Å²) in [5.41, 5.74) is 9.96. The lowest BCUT2D eigenvalue weighted by molar-refractivity contribution is -0.120. The maximum atomic E-state index is 12.2. The van der Waals surface area contributed by atoms with Gasteiger partial charge in [0, 0.05) is 285 Å². The van der Waals surface area contributed by atoms with Crippen LogP contribution in [-0.4, -0.2) is 375 Å². The van der Waals surface area contributed by atoms with Crippen LogP contribution in [0.1, 0.15) is 234 Å². The number of ether oxygens (including phenoxy) is 8. The molecule has 0 aromatic rings. The fraction of sp³-hybridized carbons (Fsp3) is 0.776. The maximum absolute atomic E-state index is 12.2. The fourth-order valence-corrected chi connectivity index (χ4v) is 28.9. The molecule has 0 radical (unpaired) electrons. The lowest BCUT2D eigenvalue weighted by Gasteiger charge is -2.51. The fourth-order valence-electron chi connectivity index (χ4n) is 28.9. The van der Waals surface area contributed by atoms with E-state index in [0.717, 1.165) is 311 Å². The molecule has 25 aliphatic rings. The number of carbonyl (C=O) groups excluding carboxylic acids is 12. The van der Waals surface area contributed by atoms with Gasteiger partial charge in [-0.25, -0.2) is 38.4 Å². The molecular formula is C107H160N18O20. The molecule has 13 unspecified atom stereocenters. The Hall–Kier alpha value is -10.7. The molecule has 12 amide bonds. The van der Waals surface area contributed by atoms with Crippen LogP contribution in [0, 0.1) is 51.2 Å². The Morgan fingerprint density at radius 3 is 1.09 bits per heavy atom. The van der Waals surface area contributed by atoms with Crippen LogP contribution in [0.3, 0.4) is 0 Å². The maximum Gasteiger partial charge on any atom is 0.410 e. The molecule has 145 heavy (non-hydrogen) atoms. The van der Waals surface area contributed by atoms with Crippen LogP contribution in [-0.2, 0) is 57.1 Å². The molecule has 0 aromatic carbocycles. The van der Waals surface area contributed by atoms with Crippen molar-refractivity contribution in [3.8, 4) is 0 Å². The number of hydrogen-bond acceptors (Lipinski definition) is 26. The number of piperidine rings is 6. The highest BCUT2D eigenvalue weighted by atomic mass is 16.6. The van der Waals surface area contributed by atoms with Crippen molar-refractivity contribution in [3.63, 3.8) is 0 Å². The largest absolute Gasteiger partial charge is 0.450 e. The first kappa shape index (κ1) is 103. The molecule has 0 saturated carbocycles. The zero-order valence-corrected chi connectivity index (χ0v) is 86.7. The third-order valence-corrected chi connectivity index (χ3v) is 36.7. The minimum atomic E-state index is -0.322. The molecule has 4 aliphatic carbocycles. The third kappa shape index (κ3) is 22.8. The Balaban J connectivity index is 0.000000110. The van der Waals surface area contributed by atoms with Crippen LogP contribution in [0.15, 0.2) is 70.1 Å². The van der Waals surface area contributed by atoms with Crippen LogP contribution < -0.4 is 31.9 Å². The molecule has 38 nitrogen and oxygen atoms in total. The molecule has 6 N–H and O–H groups in total. The molecule has 25 rings (SSSR count). The first-order chi connectivity index (χ1) is 70.1. The normalized spacial score (nSPS) is 31.9. The smallest absolute Gasteiger partial charge is 0.410 e. The lowest BCUT2D eigenvalue weighted by Crippen LogP contribution is -2.53. The monoisotopic (exact) mass is 2020 g/mol. The van der Waals surface area contributed by atoms with Crippen molar-refractivity contribution in [2.75, 3.05) is 197 Å². The van der Waals surface area contributed by atoms with Crippen molar-refractivity contribution in [2.45, 2.75) is 282 Å². The van der Waals surface area contributed by atoms with E-state index < -0.39 is 0 Å². The summed E-state index contributed by atoms with van der Waals surface area (Å²) in [5.74, 6) is 3.16. The SMILES string of the molecule is CCOC(=O)N1C2C=C(N3CCCC4(CC3)CNC(=O)C4)CC1CC2.CCOC(=O)N1C2C=C(N3CCCC4(CC3)CNC(=O)O4)CC1CC2.CCOC(=O)N1CC2=C(N3CCC4(CC3)CNC(=O)C4)C(C2)C1.CCOC(=O)N1CC2C=C(N3CCC4(CC3)CNC(=O)C4)C(C2)C1.CCOC(=O)N1CC2C=C(N3CCC4(CC3)CNC(=O)C4)CC1C2.CCOC(=O)N1CC2C=C(N3CCC4(CC3)CNC(=O)O4)CC1C2. The topological polar surface area (TPSA) is 390 Å². The summed E-state index contributed by atoms with van der Waals surface area (Å²) in [6.07, 6.45) is 39.5. The van der Waals surface area contributed by atoms with Crippen LogP contribution >= 0.6 is 0 Å². The number of hydrogen-bond donors (Lipinski definition) is 6. The van der Waals surface area contributed by atoms with Crippen molar-refractivity contribution in [3.05, 3.63) is 70.1 Å². The number of amides is 12. The van der Waals surface area contributed by atoms with Crippen molar-refractivity contribution in [2.24, 2.45) is 51.2 Å². The van der Waals surface area contributed by atoms with E-state index in [-0.39, 0.29) is 135 Å². The summed E-state index contributed by atoms with van der Waals surface area (Å²) < 4.78 is 42.2. The number of carbonyl (C=O) groups is 12. The molecule has 38 heteroatoms. The van der Waals surface area contributed by atoms with Gasteiger partial charge in [-0.3, -0.25) is 29.0 Å². The van der Waals surface area contributed by atoms with Gasteiger partial charge in [-0.05, 0) is 221 Å². The highest BCUT2D eigenvalue weighted by Crippen LogP contribution is 2.51. The second-order valence-corrected chi connectivity index (χ2v) is 45.9. The zero-order valence-electron chi connectivity index (χ0n) is 86.7. The molecular weight excluding hydrogens is 1860 g/mol. The van der Waals surface area contributed by atoms with E-state index in [9.17, 15) is 57.5 Å². The molecule has 798 valence electrons. The summed E-state index contributed by atoms with van der Waals surface area (Å²) in [7, 11) is 0. The number of rotatable bonds is 12. The lowest BCUT2D eigenvalue weighted by atomic mass is 9.73. The number of nitrogens with one attached hydrogen (secondary N) is 6. The summed E-state index contributed by atoms with van der Waals surface area (Å²) >= 11 is 0. The van der Waals surface area contributed by atoms with Gasteiger partial charge in [0.05, 0.1) is 64.8 Å². The Morgan fingerprint density at radius 1 is 0.331 bits per heavy atom. The van der Waals surface area contributed by atoms with E-state index in [1.807, 2.05) is 70.9 Å².